The van der Waals surface area contributed by atoms with Crippen LogP contribution in [0.5, 0.6) is 5.75 Å². The van der Waals surface area contributed by atoms with Crippen LogP contribution in [0.15, 0.2) is 10.5 Å². The molecule has 0 aliphatic carbocycles. The maximum absolute atomic E-state index is 12.5. The van der Waals surface area contributed by atoms with Crippen LogP contribution in [-0.4, -0.2) is 48.9 Å². The quantitative estimate of drug-likeness (QED) is 0.665. The van der Waals surface area contributed by atoms with Crippen LogP contribution in [0.3, 0.4) is 0 Å². The number of anilines is 1. The number of nitrogens with zero attached hydrogens (tertiary/aromatic N) is 2. The fourth-order valence-corrected chi connectivity index (χ4v) is 4.73. The Morgan fingerprint density at radius 3 is 2.70 bits per heavy atom. The zero-order valence-corrected chi connectivity index (χ0v) is 18.7. The van der Waals surface area contributed by atoms with Gasteiger partial charge in [0.05, 0.1) is 12.2 Å². The molecule has 0 saturated carbocycles. The van der Waals surface area contributed by atoms with Crippen molar-refractivity contribution < 1.29 is 14.3 Å². The molecule has 0 radical (unpaired) electrons. The Kier molecular flexibility index (Phi) is 5.94. The molecule has 0 spiro atoms. The Morgan fingerprint density at radius 2 is 2.04 bits per heavy atom. The van der Waals surface area contributed by atoms with Gasteiger partial charge in [-0.05, 0) is 80.1 Å². The lowest BCUT2D eigenvalue weighted by molar-refractivity contribution is 0.0258. The van der Waals surface area contributed by atoms with Crippen molar-refractivity contribution in [2.45, 2.75) is 65.6 Å². The third kappa shape index (κ3) is 4.53. The Labute approximate surface area is 171 Å². The number of carbonyl (C=O) groups is 1. The lowest BCUT2D eigenvalue weighted by Gasteiger charge is -2.36. The van der Waals surface area contributed by atoms with Crippen molar-refractivity contribution >= 4 is 27.7 Å². The molecule has 0 saturated heterocycles. The molecule has 2 aliphatic heterocycles. The molecule has 1 aromatic rings. The van der Waals surface area contributed by atoms with Crippen molar-refractivity contribution in [2.24, 2.45) is 0 Å². The van der Waals surface area contributed by atoms with E-state index in [0.29, 0.717) is 13.1 Å². The van der Waals surface area contributed by atoms with Gasteiger partial charge in [0.1, 0.15) is 17.5 Å². The third-order valence-corrected chi connectivity index (χ3v) is 5.80. The summed E-state index contributed by atoms with van der Waals surface area (Å²) in [5.41, 5.74) is 3.25. The van der Waals surface area contributed by atoms with Crippen LogP contribution in [0.25, 0.3) is 0 Å². The van der Waals surface area contributed by atoms with Gasteiger partial charge in [-0.15, -0.1) is 0 Å². The lowest BCUT2D eigenvalue weighted by Crippen LogP contribution is -2.39. The van der Waals surface area contributed by atoms with E-state index >= 15 is 0 Å². The molecular formula is C21H31BrN2O3. The van der Waals surface area contributed by atoms with E-state index in [4.69, 9.17) is 9.47 Å². The topological polar surface area (TPSA) is 42.0 Å². The van der Waals surface area contributed by atoms with Gasteiger partial charge in [-0.3, -0.25) is 0 Å². The first-order valence-corrected chi connectivity index (χ1v) is 10.7. The average molecular weight is 439 g/mol. The number of fused-ring (bicyclic) bond motifs is 2. The van der Waals surface area contributed by atoms with E-state index in [1.54, 1.807) is 0 Å². The molecule has 0 bridgehead atoms. The van der Waals surface area contributed by atoms with E-state index in [2.05, 4.69) is 40.7 Å². The molecule has 1 amide bonds. The molecule has 1 aromatic carbocycles. The zero-order chi connectivity index (χ0) is 19.8. The molecule has 6 heteroatoms. The van der Waals surface area contributed by atoms with E-state index in [1.165, 1.54) is 16.8 Å². The zero-order valence-electron chi connectivity index (χ0n) is 17.1. The number of hydrogen-bond acceptors (Lipinski definition) is 4. The van der Waals surface area contributed by atoms with E-state index in [0.717, 1.165) is 42.6 Å². The van der Waals surface area contributed by atoms with Crippen molar-refractivity contribution in [3.05, 3.63) is 21.7 Å². The highest BCUT2D eigenvalue weighted by Crippen LogP contribution is 2.44. The molecule has 1 unspecified atom stereocenters. The SMILES string of the molecule is CCCN1CC(C)Oc2cc3c(c(Br)c21)CCN(C(=O)OC(C)(C)C)CC3. The molecule has 1 atom stereocenters. The third-order valence-electron chi connectivity index (χ3n) is 4.95. The minimum Gasteiger partial charge on any atom is -0.487 e. The van der Waals surface area contributed by atoms with Gasteiger partial charge in [0, 0.05) is 24.1 Å². The first-order valence-electron chi connectivity index (χ1n) is 9.93. The van der Waals surface area contributed by atoms with Crippen LogP contribution in [0.2, 0.25) is 0 Å². The number of hydrogen-bond donors (Lipinski definition) is 0. The average Bonchev–Trinajstić information content (AvgIpc) is 2.76. The van der Waals surface area contributed by atoms with Crippen LogP contribution in [-0.2, 0) is 17.6 Å². The first-order chi connectivity index (χ1) is 12.7. The minimum absolute atomic E-state index is 0.179. The molecule has 0 N–H and O–H groups in total. The van der Waals surface area contributed by atoms with Gasteiger partial charge in [0.15, 0.2) is 0 Å². The second kappa shape index (κ2) is 7.90. The normalized spacial score (nSPS) is 19.7. The summed E-state index contributed by atoms with van der Waals surface area (Å²) in [5, 5.41) is 0. The van der Waals surface area contributed by atoms with E-state index < -0.39 is 5.60 Å². The maximum atomic E-state index is 12.5. The highest BCUT2D eigenvalue weighted by molar-refractivity contribution is 9.10. The monoisotopic (exact) mass is 438 g/mol. The molecule has 27 heavy (non-hydrogen) atoms. The van der Waals surface area contributed by atoms with Gasteiger partial charge in [-0.25, -0.2) is 4.79 Å². The van der Waals surface area contributed by atoms with Gasteiger partial charge in [-0.2, -0.15) is 0 Å². The summed E-state index contributed by atoms with van der Waals surface area (Å²) in [7, 11) is 0. The molecule has 2 heterocycles. The summed E-state index contributed by atoms with van der Waals surface area (Å²) in [5.74, 6) is 0.957. The molecule has 0 fully saturated rings. The van der Waals surface area contributed by atoms with Gasteiger partial charge < -0.3 is 19.3 Å². The van der Waals surface area contributed by atoms with Crippen LogP contribution in [0.1, 0.15) is 52.2 Å². The van der Waals surface area contributed by atoms with Gasteiger partial charge in [0.2, 0.25) is 0 Å². The minimum atomic E-state index is -0.472. The standard InChI is InChI=1S/C21H31BrN2O3/c1-6-9-24-13-14(2)26-17-12-15-7-10-23(20(25)27-21(3,4)5)11-8-16(15)18(22)19(17)24/h12,14H,6-11,13H2,1-5H3. The maximum Gasteiger partial charge on any atom is 0.410 e. The summed E-state index contributed by atoms with van der Waals surface area (Å²) in [4.78, 5) is 16.7. The molecule has 5 nitrogen and oxygen atoms in total. The molecular weight excluding hydrogens is 408 g/mol. The summed E-state index contributed by atoms with van der Waals surface area (Å²) in [6.07, 6.45) is 2.68. The molecule has 150 valence electrons. The lowest BCUT2D eigenvalue weighted by atomic mass is 10.00. The summed E-state index contributed by atoms with van der Waals surface area (Å²) in [6, 6.07) is 2.19. The Balaban J connectivity index is 1.87. The van der Waals surface area contributed by atoms with Crippen molar-refractivity contribution in [1.82, 2.24) is 4.90 Å². The second-order valence-electron chi connectivity index (χ2n) is 8.52. The van der Waals surface area contributed by atoms with Crippen LogP contribution in [0, 0.1) is 0 Å². The predicted octanol–water partition coefficient (Wildman–Crippen LogP) is 4.78. The Hall–Kier alpha value is -1.43. The van der Waals surface area contributed by atoms with Crippen molar-refractivity contribution in [1.29, 1.82) is 0 Å². The van der Waals surface area contributed by atoms with E-state index in [9.17, 15) is 4.79 Å². The van der Waals surface area contributed by atoms with E-state index in [-0.39, 0.29) is 12.2 Å². The number of rotatable bonds is 2. The number of ether oxygens (including phenoxy) is 2. The van der Waals surface area contributed by atoms with E-state index in [1.807, 2.05) is 25.7 Å². The summed E-state index contributed by atoms with van der Waals surface area (Å²) in [6.45, 7) is 13.3. The first kappa shape index (κ1) is 20.3. The largest absolute Gasteiger partial charge is 0.487 e. The Morgan fingerprint density at radius 1 is 1.33 bits per heavy atom. The fraction of sp³-hybridized carbons (Fsp3) is 0.667. The van der Waals surface area contributed by atoms with Gasteiger partial charge in [-0.1, -0.05) is 6.92 Å². The summed E-state index contributed by atoms with van der Waals surface area (Å²) >= 11 is 3.87. The molecule has 0 aromatic heterocycles. The fourth-order valence-electron chi connectivity index (χ4n) is 3.84. The number of amides is 1. The van der Waals surface area contributed by atoms with Crippen molar-refractivity contribution in [2.75, 3.05) is 31.1 Å². The van der Waals surface area contributed by atoms with Crippen molar-refractivity contribution in [3.8, 4) is 5.75 Å². The second-order valence-corrected chi connectivity index (χ2v) is 9.31. The highest BCUT2D eigenvalue weighted by atomic mass is 79.9. The van der Waals surface area contributed by atoms with Gasteiger partial charge in [0.25, 0.3) is 0 Å². The smallest absolute Gasteiger partial charge is 0.410 e. The number of carbonyl (C=O) groups excluding carboxylic acids is 1. The predicted molar refractivity (Wildman–Crippen MR) is 112 cm³/mol. The number of halogens is 1. The van der Waals surface area contributed by atoms with Crippen molar-refractivity contribution in [3.63, 3.8) is 0 Å². The molecule has 2 aliphatic rings. The van der Waals surface area contributed by atoms with Crippen LogP contribution >= 0.6 is 15.9 Å². The Bertz CT molecular complexity index is 714. The highest BCUT2D eigenvalue weighted by Gasteiger charge is 2.30. The van der Waals surface area contributed by atoms with Crippen LogP contribution in [0.4, 0.5) is 10.5 Å². The van der Waals surface area contributed by atoms with Gasteiger partial charge >= 0.3 is 6.09 Å². The molecule has 3 rings (SSSR count). The van der Waals surface area contributed by atoms with Crippen LogP contribution < -0.4 is 9.64 Å². The number of benzene rings is 1. The summed E-state index contributed by atoms with van der Waals surface area (Å²) < 4.78 is 12.9.